The number of rotatable bonds is 2. The average molecular weight is 330 g/mol. The molecule has 5 aromatic rings. The van der Waals surface area contributed by atoms with Crippen LogP contribution in [0.2, 0.25) is 0 Å². The molecule has 0 radical (unpaired) electrons. The minimum Gasteiger partial charge on any atom is -0.274 e. The molecule has 0 aliphatic heterocycles. The number of hydrogen-bond donors (Lipinski definition) is 1. The number of hydrogen-bond acceptors (Lipinski definition) is 4. The first-order valence-electron chi connectivity index (χ1n) is 7.70. The summed E-state index contributed by atoms with van der Waals surface area (Å²) in [6, 6.07) is 15.8. The smallest absolute Gasteiger partial charge is 0.187 e. The van der Waals surface area contributed by atoms with Crippen LogP contribution in [0.4, 0.5) is 4.39 Å². The van der Waals surface area contributed by atoms with Gasteiger partial charge < -0.3 is 0 Å². The van der Waals surface area contributed by atoms with Crippen LogP contribution in [-0.4, -0.2) is 29.8 Å². The number of aromatic nitrogens is 6. The van der Waals surface area contributed by atoms with Crippen LogP contribution >= 0.6 is 0 Å². The number of fused-ring (bicyclic) bond motifs is 3. The predicted molar refractivity (Wildman–Crippen MR) is 91.3 cm³/mol. The average Bonchev–Trinajstić information content (AvgIpc) is 3.29. The molecule has 120 valence electrons. The van der Waals surface area contributed by atoms with Gasteiger partial charge in [0.25, 0.3) is 0 Å². The summed E-state index contributed by atoms with van der Waals surface area (Å²) in [5, 5.41) is 16.8. The van der Waals surface area contributed by atoms with Crippen molar-refractivity contribution in [3.63, 3.8) is 0 Å². The van der Waals surface area contributed by atoms with Gasteiger partial charge in [0.15, 0.2) is 11.5 Å². The van der Waals surface area contributed by atoms with Gasteiger partial charge in [0, 0.05) is 10.9 Å². The number of H-pyrrole nitrogens is 1. The monoisotopic (exact) mass is 330 g/mol. The Kier molecular flexibility index (Phi) is 2.87. The molecule has 0 unspecified atom stereocenters. The Morgan fingerprint density at radius 1 is 0.960 bits per heavy atom. The third kappa shape index (κ3) is 2.17. The lowest BCUT2D eigenvalue weighted by molar-refractivity contribution is 0.628. The highest BCUT2D eigenvalue weighted by molar-refractivity contribution is 5.91. The molecular formula is C18H11FN6. The lowest BCUT2D eigenvalue weighted by Gasteiger charge is -2.00. The molecule has 5 rings (SSSR count). The van der Waals surface area contributed by atoms with Crippen molar-refractivity contribution in [1.29, 1.82) is 0 Å². The van der Waals surface area contributed by atoms with E-state index >= 15 is 0 Å². The molecule has 1 N–H and O–H groups in total. The van der Waals surface area contributed by atoms with E-state index in [0.717, 1.165) is 22.1 Å². The van der Waals surface area contributed by atoms with Crippen LogP contribution in [0.1, 0.15) is 0 Å². The summed E-state index contributed by atoms with van der Waals surface area (Å²) in [5.41, 5.74) is 3.84. The van der Waals surface area contributed by atoms with Crippen molar-refractivity contribution in [2.45, 2.75) is 0 Å². The maximum absolute atomic E-state index is 13.1. The molecule has 7 heteroatoms. The van der Waals surface area contributed by atoms with Crippen molar-refractivity contribution in [2.75, 3.05) is 0 Å². The Bertz CT molecular complexity index is 1210. The summed E-state index contributed by atoms with van der Waals surface area (Å²) < 4.78 is 14.9. The van der Waals surface area contributed by atoms with Gasteiger partial charge in [-0.1, -0.05) is 12.1 Å². The van der Waals surface area contributed by atoms with E-state index in [4.69, 9.17) is 0 Å². The minimum atomic E-state index is -0.277. The van der Waals surface area contributed by atoms with Crippen LogP contribution in [0, 0.1) is 5.82 Å². The lowest BCUT2D eigenvalue weighted by atomic mass is 10.1. The van der Waals surface area contributed by atoms with Crippen LogP contribution < -0.4 is 0 Å². The van der Waals surface area contributed by atoms with Gasteiger partial charge in [0.1, 0.15) is 17.8 Å². The number of nitrogens with zero attached hydrogens (tertiary/aromatic N) is 5. The van der Waals surface area contributed by atoms with Gasteiger partial charge in [-0.25, -0.2) is 9.37 Å². The number of para-hydroxylation sites is 1. The third-order valence-corrected chi connectivity index (χ3v) is 4.11. The number of aromatic amines is 1. The number of nitrogens with one attached hydrogen (secondary N) is 1. The second-order valence-corrected chi connectivity index (χ2v) is 5.65. The van der Waals surface area contributed by atoms with Crippen molar-refractivity contribution >= 4 is 16.6 Å². The highest BCUT2D eigenvalue weighted by Crippen LogP contribution is 2.25. The fourth-order valence-electron chi connectivity index (χ4n) is 2.87. The van der Waals surface area contributed by atoms with Gasteiger partial charge >= 0.3 is 0 Å². The quantitative estimate of drug-likeness (QED) is 0.538. The third-order valence-electron chi connectivity index (χ3n) is 4.11. The van der Waals surface area contributed by atoms with E-state index in [9.17, 15) is 4.39 Å². The molecule has 25 heavy (non-hydrogen) atoms. The molecule has 3 heterocycles. The first-order valence-corrected chi connectivity index (χ1v) is 7.70. The normalized spacial score (nSPS) is 11.4. The van der Waals surface area contributed by atoms with E-state index in [-0.39, 0.29) is 5.82 Å². The lowest BCUT2D eigenvalue weighted by Crippen LogP contribution is -1.92. The summed E-state index contributed by atoms with van der Waals surface area (Å²) in [5.74, 6) is 0.343. The van der Waals surface area contributed by atoms with Crippen LogP contribution in [0.5, 0.6) is 0 Å². The first-order chi connectivity index (χ1) is 12.3. The molecule has 0 amide bonds. The second kappa shape index (κ2) is 5.20. The van der Waals surface area contributed by atoms with Crippen LogP contribution in [0.3, 0.4) is 0 Å². The van der Waals surface area contributed by atoms with E-state index in [2.05, 4.69) is 25.4 Å². The van der Waals surface area contributed by atoms with Crippen LogP contribution in [0.15, 0.2) is 60.9 Å². The molecule has 0 bridgehead atoms. The van der Waals surface area contributed by atoms with Crippen molar-refractivity contribution in [3.8, 4) is 22.8 Å². The Morgan fingerprint density at radius 2 is 1.80 bits per heavy atom. The molecule has 3 aromatic heterocycles. The SMILES string of the molecule is Fc1ccc(-c2cc(-c3nnc4c5ccccc5ncn34)[nH]n2)cc1. The molecule has 6 nitrogen and oxygen atoms in total. The maximum atomic E-state index is 13.1. The van der Waals surface area contributed by atoms with E-state index in [1.807, 2.05) is 34.7 Å². The van der Waals surface area contributed by atoms with Crippen molar-refractivity contribution in [3.05, 3.63) is 66.7 Å². The van der Waals surface area contributed by atoms with E-state index in [1.165, 1.54) is 12.1 Å². The number of benzene rings is 2. The first kappa shape index (κ1) is 13.8. The van der Waals surface area contributed by atoms with Gasteiger partial charge in [-0.3, -0.25) is 9.50 Å². The highest BCUT2D eigenvalue weighted by Gasteiger charge is 2.14. The zero-order valence-electron chi connectivity index (χ0n) is 12.9. The fourth-order valence-corrected chi connectivity index (χ4v) is 2.87. The van der Waals surface area contributed by atoms with E-state index in [0.29, 0.717) is 17.2 Å². The zero-order chi connectivity index (χ0) is 16.8. The van der Waals surface area contributed by atoms with Crippen molar-refractivity contribution < 1.29 is 4.39 Å². The summed E-state index contributed by atoms with van der Waals surface area (Å²) in [6.45, 7) is 0. The largest absolute Gasteiger partial charge is 0.274 e. The predicted octanol–water partition coefficient (Wildman–Crippen LogP) is 3.47. The molecule has 0 spiro atoms. The second-order valence-electron chi connectivity index (χ2n) is 5.65. The van der Waals surface area contributed by atoms with Gasteiger partial charge in [-0.15, -0.1) is 10.2 Å². The maximum Gasteiger partial charge on any atom is 0.187 e. The van der Waals surface area contributed by atoms with Crippen LogP contribution in [0.25, 0.3) is 39.3 Å². The molecule has 0 saturated heterocycles. The molecule has 0 aliphatic carbocycles. The Hall–Kier alpha value is -3.61. The molecular weight excluding hydrogens is 319 g/mol. The van der Waals surface area contributed by atoms with Gasteiger partial charge in [-0.05, 0) is 42.5 Å². The molecule has 0 fully saturated rings. The fraction of sp³-hybridized carbons (Fsp3) is 0. The minimum absolute atomic E-state index is 0.277. The Labute approximate surface area is 141 Å². The van der Waals surface area contributed by atoms with Crippen molar-refractivity contribution in [2.24, 2.45) is 0 Å². The standard InChI is InChI=1S/C18H11FN6/c19-12-7-5-11(6-8-12)15-9-16(22-21-15)18-24-23-17-13-3-1-2-4-14(13)20-10-25(17)18/h1-10H,(H,21,22). The summed E-state index contributed by atoms with van der Waals surface area (Å²) in [6.07, 6.45) is 1.70. The van der Waals surface area contributed by atoms with Gasteiger partial charge in [0.05, 0.1) is 11.2 Å². The van der Waals surface area contributed by atoms with E-state index < -0.39 is 0 Å². The highest BCUT2D eigenvalue weighted by atomic mass is 19.1. The molecule has 0 saturated carbocycles. The summed E-state index contributed by atoms with van der Waals surface area (Å²) in [7, 11) is 0. The molecule has 0 atom stereocenters. The zero-order valence-corrected chi connectivity index (χ0v) is 12.9. The van der Waals surface area contributed by atoms with Gasteiger partial charge in [-0.2, -0.15) is 5.10 Å². The van der Waals surface area contributed by atoms with E-state index in [1.54, 1.807) is 18.5 Å². The van der Waals surface area contributed by atoms with Crippen LogP contribution in [-0.2, 0) is 0 Å². The van der Waals surface area contributed by atoms with Crippen molar-refractivity contribution in [1.82, 2.24) is 29.8 Å². The summed E-state index contributed by atoms with van der Waals surface area (Å²) in [4.78, 5) is 4.45. The van der Waals surface area contributed by atoms with Gasteiger partial charge in [0.2, 0.25) is 0 Å². The molecule has 0 aliphatic rings. The Morgan fingerprint density at radius 3 is 2.68 bits per heavy atom. The topological polar surface area (TPSA) is 71.8 Å². The Balaban J connectivity index is 1.64. The molecule has 2 aromatic carbocycles. The summed E-state index contributed by atoms with van der Waals surface area (Å²) >= 11 is 0. The number of halogens is 1.